The van der Waals surface area contributed by atoms with Gasteiger partial charge in [0.05, 0.1) is 28.8 Å². The van der Waals surface area contributed by atoms with Crippen LogP contribution in [0.25, 0.3) is 0 Å². The number of esters is 1. The van der Waals surface area contributed by atoms with Crippen LogP contribution in [0.1, 0.15) is 39.2 Å². The molecule has 2 aliphatic heterocycles. The number of carbonyl (C=O) groups excluding carboxylic acids is 3. The highest BCUT2D eigenvalue weighted by molar-refractivity contribution is 8.00. The molecule has 0 spiro atoms. The van der Waals surface area contributed by atoms with Gasteiger partial charge in [0.15, 0.2) is 0 Å². The Morgan fingerprint density at radius 1 is 0.976 bits per heavy atom. The Balaban J connectivity index is 1.37. The second-order valence-corrected chi connectivity index (χ2v) is 12.1. The van der Waals surface area contributed by atoms with Crippen molar-refractivity contribution in [2.45, 2.75) is 29.7 Å². The van der Waals surface area contributed by atoms with Gasteiger partial charge in [-0.25, -0.2) is 9.69 Å². The number of hydrogen-bond acceptors (Lipinski definition) is 8. The van der Waals surface area contributed by atoms with E-state index >= 15 is 0 Å². The molecule has 3 aromatic carbocycles. The third-order valence-corrected chi connectivity index (χ3v) is 9.68. The SMILES string of the molecule is CCOC(=O)c1ccc(N2C(=O)C3Sc4[nH]c(=O)sc4[C@H](c4ccccc4OCc4ccc(Cl)cc4)C3C2=O)cc1. The molecule has 0 saturated carbocycles. The molecule has 208 valence electrons. The summed E-state index contributed by atoms with van der Waals surface area (Å²) in [7, 11) is 0. The monoisotopic (exact) mass is 606 g/mol. The van der Waals surface area contributed by atoms with Gasteiger partial charge in [0.2, 0.25) is 11.8 Å². The number of ether oxygens (including phenoxy) is 2. The van der Waals surface area contributed by atoms with Crippen LogP contribution in [-0.4, -0.2) is 34.6 Å². The average molecular weight is 607 g/mol. The van der Waals surface area contributed by atoms with Gasteiger partial charge in [-0.05, 0) is 55.0 Å². The number of thiazole rings is 1. The Morgan fingerprint density at radius 2 is 1.71 bits per heavy atom. The Morgan fingerprint density at radius 3 is 2.44 bits per heavy atom. The van der Waals surface area contributed by atoms with E-state index in [-0.39, 0.29) is 29.9 Å². The van der Waals surface area contributed by atoms with E-state index in [0.29, 0.717) is 37.5 Å². The predicted octanol–water partition coefficient (Wildman–Crippen LogP) is 5.64. The zero-order valence-electron chi connectivity index (χ0n) is 21.7. The van der Waals surface area contributed by atoms with E-state index in [1.165, 1.54) is 28.8 Å². The number of fused-ring (bicyclic) bond motifs is 2. The molecule has 6 rings (SSSR count). The molecule has 2 unspecified atom stereocenters. The fourth-order valence-corrected chi connectivity index (χ4v) is 7.81. The fraction of sp³-hybridized carbons (Fsp3) is 0.200. The quantitative estimate of drug-likeness (QED) is 0.214. The standard InChI is InChI=1S/C30H23ClN2O6S2/c1-2-38-29(36)17-9-13-19(14-10-17)33-27(34)23-22(24-26(32-30(37)41-24)40-25(23)28(33)35)20-5-3-4-6-21(20)39-15-16-7-11-18(31)12-8-16/h3-14,22-23,25H,2,15H2,1H3,(H,32,37)/t22-,23?,25?/m1/s1. The number of halogens is 1. The molecule has 8 nitrogen and oxygen atoms in total. The van der Waals surface area contributed by atoms with Crippen molar-refractivity contribution >= 4 is 58.2 Å². The topological polar surface area (TPSA) is 106 Å². The summed E-state index contributed by atoms with van der Waals surface area (Å²) in [5.41, 5.74) is 2.32. The number of hydrogen-bond donors (Lipinski definition) is 1. The van der Waals surface area contributed by atoms with Gasteiger partial charge in [0, 0.05) is 21.4 Å². The number of benzene rings is 3. The molecular formula is C30H23ClN2O6S2. The minimum Gasteiger partial charge on any atom is -0.489 e. The minimum atomic E-state index is -0.767. The number of carbonyl (C=O) groups is 3. The molecule has 0 radical (unpaired) electrons. The lowest BCUT2D eigenvalue weighted by molar-refractivity contribution is -0.122. The van der Waals surface area contributed by atoms with Crippen LogP contribution in [0.3, 0.4) is 0 Å². The third-order valence-electron chi connectivity index (χ3n) is 7.02. The van der Waals surface area contributed by atoms with Crippen LogP contribution in [0.4, 0.5) is 5.69 Å². The molecule has 0 bridgehead atoms. The number of aromatic nitrogens is 1. The van der Waals surface area contributed by atoms with Crippen LogP contribution < -0.4 is 14.5 Å². The van der Waals surface area contributed by atoms with E-state index in [2.05, 4.69) is 4.98 Å². The number of nitrogens with zero attached hydrogens (tertiary/aromatic N) is 1. The first-order valence-corrected chi connectivity index (χ1v) is 14.9. The van der Waals surface area contributed by atoms with E-state index in [1.54, 1.807) is 31.2 Å². The number of H-pyrrole nitrogens is 1. The van der Waals surface area contributed by atoms with Gasteiger partial charge < -0.3 is 14.5 Å². The van der Waals surface area contributed by atoms with E-state index in [1.807, 2.05) is 36.4 Å². The fourth-order valence-electron chi connectivity index (χ4n) is 5.18. The molecule has 0 aliphatic carbocycles. The molecular weight excluding hydrogens is 584 g/mol. The van der Waals surface area contributed by atoms with Crippen molar-refractivity contribution < 1.29 is 23.9 Å². The van der Waals surface area contributed by atoms with Crippen LogP contribution >= 0.6 is 34.7 Å². The highest BCUT2D eigenvalue weighted by Gasteiger charge is 2.56. The van der Waals surface area contributed by atoms with Crippen molar-refractivity contribution in [1.29, 1.82) is 0 Å². The molecule has 2 amide bonds. The van der Waals surface area contributed by atoms with Crippen LogP contribution in [0, 0.1) is 5.92 Å². The van der Waals surface area contributed by atoms with Crippen molar-refractivity contribution in [3.8, 4) is 5.75 Å². The lowest BCUT2D eigenvalue weighted by Gasteiger charge is -2.30. The molecule has 1 fully saturated rings. The van der Waals surface area contributed by atoms with Gasteiger partial charge in [0.25, 0.3) is 0 Å². The first-order chi connectivity index (χ1) is 19.9. The Labute approximate surface area is 248 Å². The molecule has 41 heavy (non-hydrogen) atoms. The van der Waals surface area contributed by atoms with Crippen molar-refractivity contribution in [3.05, 3.63) is 109 Å². The van der Waals surface area contributed by atoms with Gasteiger partial charge in [0.1, 0.15) is 17.6 Å². The van der Waals surface area contributed by atoms with Gasteiger partial charge in [-0.1, -0.05) is 65.0 Å². The number of imide groups is 1. The molecule has 1 saturated heterocycles. The molecule has 11 heteroatoms. The zero-order chi connectivity index (χ0) is 28.7. The summed E-state index contributed by atoms with van der Waals surface area (Å²) in [6.07, 6.45) is 0. The van der Waals surface area contributed by atoms with Crippen molar-refractivity contribution in [3.63, 3.8) is 0 Å². The second-order valence-electron chi connectivity index (χ2n) is 9.48. The number of amides is 2. The highest BCUT2D eigenvalue weighted by Crippen LogP contribution is 2.54. The third kappa shape index (κ3) is 5.07. The smallest absolute Gasteiger partial charge is 0.338 e. The van der Waals surface area contributed by atoms with Gasteiger partial charge >= 0.3 is 10.8 Å². The van der Waals surface area contributed by atoms with Crippen LogP contribution in [-0.2, 0) is 20.9 Å². The first-order valence-electron chi connectivity index (χ1n) is 12.9. The molecule has 1 N–H and O–H groups in total. The number of thioether (sulfide) groups is 1. The van der Waals surface area contributed by atoms with Crippen LogP contribution in [0.15, 0.2) is 82.6 Å². The van der Waals surface area contributed by atoms with E-state index in [0.717, 1.165) is 16.9 Å². The molecule has 4 aromatic rings. The number of aromatic amines is 1. The Hall–Kier alpha value is -3.86. The van der Waals surface area contributed by atoms with E-state index in [9.17, 15) is 19.2 Å². The van der Waals surface area contributed by atoms with Crippen molar-refractivity contribution in [1.82, 2.24) is 4.98 Å². The molecule has 3 atom stereocenters. The summed E-state index contributed by atoms with van der Waals surface area (Å²) < 4.78 is 11.3. The number of para-hydroxylation sites is 1. The van der Waals surface area contributed by atoms with Crippen LogP contribution in [0.5, 0.6) is 5.75 Å². The maximum absolute atomic E-state index is 14.1. The second kappa shape index (κ2) is 11.2. The number of rotatable bonds is 7. The first kappa shape index (κ1) is 27.3. The summed E-state index contributed by atoms with van der Waals surface area (Å²) in [6, 6.07) is 20.9. The molecule has 2 aliphatic rings. The predicted molar refractivity (Wildman–Crippen MR) is 157 cm³/mol. The zero-order valence-corrected chi connectivity index (χ0v) is 24.1. The Bertz CT molecular complexity index is 1700. The normalized spacial score (nSPS) is 19.6. The van der Waals surface area contributed by atoms with Crippen molar-refractivity contribution in [2.24, 2.45) is 5.92 Å². The summed E-state index contributed by atoms with van der Waals surface area (Å²) in [4.78, 5) is 56.8. The molecule has 3 heterocycles. The molecule has 1 aromatic heterocycles. The lowest BCUT2D eigenvalue weighted by Crippen LogP contribution is -2.32. The van der Waals surface area contributed by atoms with E-state index in [4.69, 9.17) is 21.1 Å². The summed E-state index contributed by atoms with van der Waals surface area (Å²) in [5, 5.41) is 0.456. The number of anilines is 1. The number of nitrogens with one attached hydrogen (secondary N) is 1. The lowest BCUT2D eigenvalue weighted by atomic mass is 9.82. The van der Waals surface area contributed by atoms with Crippen LogP contribution in [0.2, 0.25) is 5.02 Å². The minimum absolute atomic E-state index is 0.239. The summed E-state index contributed by atoms with van der Waals surface area (Å²) >= 11 is 8.26. The highest BCUT2D eigenvalue weighted by atomic mass is 35.5. The Kier molecular flexibility index (Phi) is 7.46. The van der Waals surface area contributed by atoms with Gasteiger partial charge in [-0.3, -0.25) is 14.4 Å². The van der Waals surface area contributed by atoms with Gasteiger partial charge in [-0.15, -0.1) is 0 Å². The van der Waals surface area contributed by atoms with E-state index < -0.39 is 23.1 Å². The maximum atomic E-state index is 14.1. The van der Waals surface area contributed by atoms with Gasteiger partial charge in [-0.2, -0.15) is 0 Å². The average Bonchev–Trinajstić information content (AvgIpc) is 3.47. The summed E-state index contributed by atoms with van der Waals surface area (Å²) in [5.74, 6) is -2.02. The summed E-state index contributed by atoms with van der Waals surface area (Å²) in [6.45, 7) is 2.23. The maximum Gasteiger partial charge on any atom is 0.338 e. The van der Waals surface area contributed by atoms with Crippen molar-refractivity contribution in [2.75, 3.05) is 11.5 Å². The largest absolute Gasteiger partial charge is 0.489 e.